The summed E-state index contributed by atoms with van der Waals surface area (Å²) >= 11 is 1.48. The molecule has 3 aromatic rings. The Kier molecular flexibility index (Phi) is 5.95. The van der Waals surface area contributed by atoms with Gasteiger partial charge < -0.3 is 10.1 Å². The molecule has 138 valence electrons. The van der Waals surface area contributed by atoms with Crippen LogP contribution in [0, 0.1) is 0 Å². The van der Waals surface area contributed by atoms with Crippen LogP contribution >= 0.6 is 11.3 Å². The Morgan fingerprint density at radius 3 is 2.63 bits per heavy atom. The molecule has 0 spiro atoms. The van der Waals surface area contributed by atoms with Gasteiger partial charge in [0.1, 0.15) is 5.56 Å². The van der Waals surface area contributed by atoms with Crippen LogP contribution in [-0.2, 0) is 4.74 Å². The van der Waals surface area contributed by atoms with E-state index in [1.807, 2.05) is 5.38 Å². The number of hydrogen-bond acceptors (Lipinski definition) is 8. The first-order chi connectivity index (χ1) is 13.2. The zero-order chi connectivity index (χ0) is 19.1. The largest absolute Gasteiger partial charge is 0.462 e. The van der Waals surface area contributed by atoms with Crippen molar-refractivity contribution in [2.45, 2.75) is 6.92 Å². The van der Waals surface area contributed by atoms with E-state index < -0.39 is 5.97 Å². The minimum Gasteiger partial charge on any atom is -0.462 e. The van der Waals surface area contributed by atoms with E-state index >= 15 is 0 Å². The lowest BCUT2D eigenvalue weighted by Gasteiger charge is -2.11. The van der Waals surface area contributed by atoms with Gasteiger partial charge in [-0.3, -0.25) is 15.6 Å². The van der Waals surface area contributed by atoms with E-state index in [0.29, 0.717) is 5.56 Å². The van der Waals surface area contributed by atoms with Crippen molar-refractivity contribution >= 4 is 39.9 Å². The number of esters is 1. The van der Waals surface area contributed by atoms with Crippen molar-refractivity contribution in [3.63, 3.8) is 0 Å². The highest BCUT2D eigenvalue weighted by Crippen LogP contribution is 2.19. The number of ether oxygens (including phenoxy) is 1. The van der Waals surface area contributed by atoms with Gasteiger partial charge in [-0.2, -0.15) is 0 Å². The first-order valence-corrected chi connectivity index (χ1v) is 9.00. The number of hydrogen-bond donors (Lipinski definition) is 3. The highest BCUT2D eigenvalue weighted by Gasteiger charge is 2.14. The number of amides is 1. The molecule has 3 N–H and O–H groups in total. The predicted molar refractivity (Wildman–Crippen MR) is 103 cm³/mol. The minimum absolute atomic E-state index is 0.214. The maximum atomic E-state index is 12.3. The number of benzene rings is 1. The molecule has 0 aliphatic heterocycles. The Hall–Kier alpha value is -3.46. The second kappa shape index (κ2) is 8.77. The summed E-state index contributed by atoms with van der Waals surface area (Å²) in [6.07, 6.45) is 3.22. The molecule has 0 aliphatic carbocycles. The van der Waals surface area contributed by atoms with Crippen molar-refractivity contribution in [1.82, 2.24) is 15.4 Å². The van der Waals surface area contributed by atoms with E-state index in [-0.39, 0.29) is 23.9 Å². The molecule has 8 nitrogen and oxygen atoms in total. The molecule has 9 heteroatoms. The van der Waals surface area contributed by atoms with Crippen LogP contribution in [0.15, 0.2) is 54.2 Å². The summed E-state index contributed by atoms with van der Waals surface area (Å²) in [4.78, 5) is 32.4. The number of nitrogens with one attached hydrogen (secondary N) is 3. The molecular formula is C18H17N5O3S. The quantitative estimate of drug-likeness (QED) is 0.425. The van der Waals surface area contributed by atoms with Gasteiger partial charge in [0, 0.05) is 29.0 Å². The van der Waals surface area contributed by atoms with Crippen molar-refractivity contribution < 1.29 is 14.3 Å². The Bertz CT molecular complexity index is 913. The lowest BCUT2D eigenvalue weighted by molar-refractivity contribution is 0.0526. The number of anilines is 3. The summed E-state index contributed by atoms with van der Waals surface area (Å²) in [6.45, 7) is 1.97. The van der Waals surface area contributed by atoms with Crippen LogP contribution in [0.1, 0.15) is 27.6 Å². The second-order valence-electron chi connectivity index (χ2n) is 5.24. The first kappa shape index (κ1) is 18.3. The Balaban J connectivity index is 1.62. The molecule has 0 bridgehead atoms. The molecule has 0 radical (unpaired) electrons. The fourth-order valence-electron chi connectivity index (χ4n) is 2.18. The molecule has 0 saturated carbocycles. The van der Waals surface area contributed by atoms with Crippen molar-refractivity contribution in [1.29, 1.82) is 0 Å². The summed E-state index contributed by atoms with van der Waals surface area (Å²) in [5.74, 6) is -0.664. The third-order valence-corrected chi connectivity index (χ3v) is 4.12. The molecule has 2 aromatic heterocycles. The van der Waals surface area contributed by atoms with E-state index in [9.17, 15) is 9.59 Å². The van der Waals surface area contributed by atoms with Crippen LogP contribution in [0.5, 0.6) is 0 Å². The van der Waals surface area contributed by atoms with E-state index in [4.69, 9.17) is 4.74 Å². The summed E-state index contributed by atoms with van der Waals surface area (Å²) in [6, 6.07) is 10.1. The van der Waals surface area contributed by atoms with Crippen LogP contribution in [0.25, 0.3) is 0 Å². The third kappa shape index (κ3) is 4.79. The Morgan fingerprint density at radius 2 is 1.93 bits per heavy atom. The fourth-order valence-corrected chi connectivity index (χ4v) is 2.73. The minimum atomic E-state index is -0.514. The number of pyridine rings is 1. The van der Waals surface area contributed by atoms with Gasteiger partial charge in [0.25, 0.3) is 5.91 Å². The van der Waals surface area contributed by atoms with Crippen molar-refractivity contribution in [2.75, 3.05) is 17.3 Å². The summed E-state index contributed by atoms with van der Waals surface area (Å²) in [5.41, 5.74) is 6.70. The number of aromatic nitrogens is 2. The molecule has 0 aliphatic rings. The molecular weight excluding hydrogens is 366 g/mol. The summed E-state index contributed by atoms with van der Waals surface area (Å²) < 4.78 is 4.97. The van der Waals surface area contributed by atoms with Gasteiger partial charge in [0.15, 0.2) is 10.9 Å². The van der Waals surface area contributed by atoms with Gasteiger partial charge in [-0.05, 0) is 43.3 Å². The maximum absolute atomic E-state index is 12.3. The van der Waals surface area contributed by atoms with E-state index in [1.54, 1.807) is 49.5 Å². The highest BCUT2D eigenvalue weighted by molar-refractivity contribution is 7.13. The van der Waals surface area contributed by atoms with E-state index in [1.165, 1.54) is 17.5 Å². The normalized spacial score (nSPS) is 10.1. The van der Waals surface area contributed by atoms with Gasteiger partial charge in [0.2, 0.25) is 0 Å². The number of thiazole rings is 1. The lowest BCUT2D eigenvalue weighted by Crippen LogP contribution is -2.30. The first-order valence-electron chi connectivity index (χ1n) is 8.12. The predicted octanol–water partition coefficient (Wildman–Crippen LogP) is 3.22. The van der Waals surface area contributed by atoms with E-state index in [2.05, 4.69) is 26.1 Å². The van der Waals surface area contributed by atoms with Crippen LogP contribution in [0.3, 0.4) is 0 Å². The van der Waals surface area contributed by atoms with Gasteiger partial charge in [-0.1, -0.05) is 0 Å². The lowest BCUT2D eigenvalue weighted by atomic mass is 10.2. The molecule has 0 atom stereocenters. The van der Waals surface area contributed by atoms with Crippen LogP contribution in [0.4, 0.5) is 16.6 Å². The standard InChI is InChI=1S/C18H17N5O3S/c1-2-26-17(25)14-4-3-9-19-15(14)22-23-16(24)12-5-7-13(8-6-12)21-18-20-10-11-27-18/h3-11H,2H2,1H3,(H,19,22)(H,20,21)(H,23,24). The topological polar surface area (TPSA) is 105 Å². The van der Waals surface area contributed by atoms with Gasteiger partial charge in [-0.25, -0.2) is 14.8 Å². The summed E-state index contributed by atoms with van der Waals surface area (Å²) in [7, 11) is 0. The molecule has 1 amide bonds. The average Bonchev–Trinajstić information content (AvgIpc) is 3.20. The highest BCUT2D eigenvalue weighted by atomic mass is 32.1. The maximum Gasteiger partial charge on any atom is 0.341 e. The number of rotatable bonds is 7. The van der Waals surface area contributed by atoms with Crippen molar-refractivity contribution in [2.24, 2.45) is 0 Å². The number of carbonyl (C=O) groups is 2. The monoisotopic (exact) mass is 383 g/mol. The van der Waals surface area contributed by atoms with Gasteiger partial charge in [-0.15, -0.1) is 11.3 Å². The molecule has 2 heterocycles. The molecule has 0 fully saturated rings. The number of nitrogens with zero attached hydrogens (tertiary/aromatic N) is 2. The molecule has 0 unspecified atom stereocenters. The van der Waals surface area contributed by atoms with Crippen molar-refractivity contribution in [3.8, 4) is 0 Å². The third-order valence-electron chi connectivity index (χ3n) is 3.43. The Morgan fingerprint density at radius 1 is 1.11 bits per heavy atom. The molecule has 3 rings (SSSR count). The zero-order valence-electron chi connectivity index (χ0n) is 14.4. The number of hydrazine groups is 1. The summed E-state index contributed by atoms with van der Waals surface area (Å²) in [5, 5.41) is 5.79. The number of carbonyl (C=O) groups excluding carboxylic acids is 2. The smallest absolute Gasteiger partial charge is 0.341 e. The van der Waals surface area contributed by atoms with Gasteiger partial charge >= 0.3 is 5.97 Å². The van der Waals surface area contributed by atoms with Gasteiger partial charge in [0.05, 0.1) is 6.61 Å². The SMILES string of the molecule is CCOC(=O)c1cccnc1NNC(=O)c1ccc(Nc2nccs2)cc1. The molecule has 1 aromatic carbocycles. The molecule has 27 heavy (non-hydrogen) atoms. The Labute approximate surface area is 159 Å². The van der Waals surface area contributed by atoms with E-state index in [0.717, 1.165) is 10.8 Å². The van der Waals surface area contributed by atoms with Crippen LogP contribution < -0.4 is 16.2 Å². The molecule has 0 saturated heterocycles. The second-order valence-corrected chi connectivity index (χ2v) is 6.13. The van der Waals surface area contributed by atoms with Crippen LogP contribution in [0.2, 0.25) is 0 Å². The van der Waals surface area contributed by atoms with Crippen molar-refractivity contribution in [3.05, 3.63) is 65.3 Å². The average molecular weight is 383 g/mol. The van der Waals surface area contributed by atoms with Crippen LogP contribution in [-0.4, -0.2) is 28.5 Å². The fraction of sp³-hybridized carbons (Fsp3) is 0.111. The zero-order valence-corrected chi connectivity index (χ0v) is 15.2.